The van der Waals surface area contributed by atoms with Gasteiger partial charge in [-0.25, -0.2) is 0 Å². The molecule has 1 saturated heterocycles. The SMILES string of the molecule is C1CCOC1.Cc1ccc(C(Oc2ccc(C(CC(=O)O)c3ccon3)cc2)c2ccccc2)cc1C. The molecule has 2 heterocycles. The van der Waals surface area contributed by atoms with Crippen LogP contribution < -0.4 is 4.74 Å². The summed E-state index contributed by atoms with van der Waals surface area (Å²) in [7, 11) is 0. The van der Waals surface area contributed by atoms with Crippen LogP contribution in [0.15, 0.2) is 89.6 Å². The maximum atomic E-state index is 11.4. The molecule has 0 spiro atoms. The van der Waals surface area contributed by atoms with Crippen molar-refractivity contribution < 1.29 is 23.9 Å². The molecule has 37 heavy (non-hydrogen) atoms. The van der Waals surface area contributed by atoms with Crippen molar-refractivity contribution in [1.82, 2.24) is 5.16 Å². The maximum absolute atomic E-state index is 11.4. The Labute approximate surface area is 217 Å². The van der Waals surface area contributed by atoms with E-state index >= 15 is 0 Å². The number of hydrogen-bond acceptors (Lipinski definition) is 5. The molecule has 4 aromatic rings. The Kier molecular flexibility index (Phi) is 9.11. The predicted octanol–water partition coefficient (Wildman–Crippen LogP) is 6.86. The van der Waals surface area contributed by atoms with Crippen molar-refractivity contribution in [3.05, 3.63) is 119 Å². The second kappa shape index (κ2) is 12.9. The van der Waals surface area contributed by atoms with Gasteiger partial charge in [0.2, 0.25) is 0 Å². The number of nitrogens with zero attached hydrogens (tertiary/aromatic N) is 1. The fraction of sp³-hybridized carbons (Fsp3) is 0.290. The first kappa shape index (κ1) is 26.2. The second-order valence-corrected chi connectivity index (χ2v) is 9.22. The topological polar surface area (TPSA) is 81.8 Å². The number of ether oxygens (including phenoxy) is 2. The van der Waals surface area contributed by atoms with Gasteiger partial charge in [0.15, 0.2) is 0 Å². The third-order valence-corrected chi connectivity index (χ3v) is 6.49. The van der Waals surface area contributed by atoms with Gasteiger partial charge < -0.3 is 19.1 Å². The first-order valence-electron chi connectivity index (χ1n) is 12.6. The van der Waals surface area contributed by atoms with Gasteiger partial charge in [-0.1, -0.05) is 65.8 Å². The van der Waals surface area contributed by atoms with Crippen LogP contribution in [0.2, 0.25) is 0 Å². The zero-order valence-electron chi connectivity index (χ0n) is 21.3. The summed E-state index contributed by atoms with van der Waals surface area (Å²) < 4.78 is 16.3. The highest BCUT2D eigenvalue weighted by Crippen LogP contribution is 2.32. The quantitative estimate of drug-likeness (QED) is 0.285. The zero-order chi connectivity index (χ0) is 26.0. The van der Waals surface area contributed by atoms with E-state index in [1.54, 1.807) is 6.07 Å². The third kappa shape index (κ3) is 7.30. The minimum absolute atomic E-state index is 0.0674. The minimum Gasteiger partial charge on any atom is -0.481 e. The predicted molar refractivity (Wildman–Crippen MR) is 142 cm³/mol. The van der Waals surface area contributed by atoms with E-state index < -0.39 is 5.97 Å². The molecule has 1 aromatic heterocycles. The van der Waals surface area contributed by atoms with Crippen molar-refractivity contribution in [2.24, 2.45) is 0 Å². The molecule has 0 aliphatic carbocycles. The summed E-state index contributed by atoms with van der Waals surface area (Å²) in [6, 6.07) is 25.7. The van der Waals surface area contributed by atoms with Crippen molar-refractivity contribution in [1.29, 1.82) is 0 Å². The first-order chi connectivity index (χ1) is 18.0. The molecule has 0 radical (unpaired) electrons. The highest BCUT2D eigenvalue weighted by molar-refractivity contribution is 5.68. The Morgan fingerprint density at radius 1 is 0.892 bits per heavy atom. The molecule has 2 unspecified atom stereocenters. The molecule has 1 aliphatic rings. The van der Waals surface area contributed by atoms with Crippen LogP contribution in [0.5, 0.6) is 5.75 Å². The smallest absolute Gasteiger partial charge is 0.304 e. The Morgan fingerprint density at radius 2 is 1.59 bits per heavy atom. The highest BCUT2D eigenvalue weighted by Gasteiger charge is 2.21. The van der Waals surface area contributed by atoms with E-state index in [0.29, 0.717) is 11.4 Å². The average molecular weight is 500 g/mol. The molecule has 6 heteroatoms. The molecule has 5 rings (SSSR count). The van der Waals surface area contributed by atoms with Crippen LogP contribution in [0.1, 0.15) is 64.8 Å². The number of rotatable bonds is 8. The normalized spacial score (nSPS) is 14.3. The van der Waals surface area contributed by atoms with E-state index in [2.05, 4.69) is 49.3 Å². The highest BCUT2D eigenvalue weighted by atomic mass is 16.5. The first-order valence-corrected chi connectivity index (χ1v) is 12.6. The van der Waals surface area contributed by atoms with Crippen LogP contribution in [0.3, 0.4) is 0 Å². The van der Waals surface area contributed by atoms with Crippen LogP contribution in [-0.2, 0) is 9.53 Å². The van der Waals surface area contributed by atoms with Gasteiger partial charge in [-0.15, -0.1) is 0 Å². The number of hydrogen-bond donors (Lipinski definition) is 1. The third-order valence-electron chi connectivity index (χ3n) is 6.49. The standard InChI is InChI=1S/C27H25NO4.C4H8O/c1-18-8-9-22(16-19(18)2)27(21-6-4-3-5-7-21)32-23-12-10-20(11-13-23)24(17-26(29)30)25-14-15-31-28-25;1-2-4-5-3-1/h3-16,24,27H,17H2,1-2H3,(H,29,30);1-4H2. The Bertz CT molecular complexity index is 1240. The molecule has 1 fully saturated rings. The van der Waals surface area contributed by atoms with Crippen molar-refractivity contribution >= 4 is 5.97 Å². The lowest BCUT2D eigenvalue weighted by molar-refractivity contribution is -0.137. The van der Waals surface area contributed by atoms with E-state index in [1.165, 1.54) is 30.2 Å². The van der Waals surface area contributed by atoms with E-state index in [-0.39, 0.29) is 18.4 Å². The number of aliphatic carboxylic acids is 1. The Balaban J connectivity index is 0.000000572. The fourth-order valence-electron chi connectivity index (χ4n) is 4.28. The fourth-order valence-corrected chi connectivity index (χ4v) is 4.28. The number of aromatic nitrogens is 1. The summed E-state index contributed by atoms with van der Waals surface area (Å²) in [5.74, 6) is -0.572. The molecule has 0 saturated carbocycles. The van der Waals surface area contributed by atoms with Crippen LogP contribution in [0.25, 0.3) is 0 Å². The van der Waals surface area contributed by atoms with Gasteiger partial charge in [-0.05, 0) is 66.6 Å². The molecular formula is C31H33NO5. The second-order valence-electron chi connectivity index (χ2n) is 9.22. The molecule has 0 amide bonds. The molecule has 3 aromatic carbocycles. The molecule has 0 bridgehead atoms. The van der Waals surface area contributed by atoms with Gasteiger partial charge in [0.25, 0.3) is 0 Å². The number of aryl methyl sites for hydroxylation is 2. The Morgan fingerprint density at radius 3 is 2.16 bits per heavy atom. The van der Waals surface area contributed by atoms with E-state index in [1.807, 2.05) is 42.5 Å². The number of carbonyl (C=O) groups is 1. The molecule has 1 aliphatic heterocycles. The molecule has 6 nitrogen and oxygen atoms in total. The summed E-state index contributed by atoms with van der Waals surface area (Å²) in [5.41, 5.74) is 6.03. The summed E-state index contributed by atoms with van der Waals surface area (Å²) in [6.45, 7) is 6.20. The monoisotopic (exact) mass is 499 g/mol. The van der Waals surface area contributed by atoms with Crippen molar-refractivity contribution in [2.45, 2.75) is 45.1 Å². The van der Waals surface area contributed by atoms with E-state index in [9.17, 15) is 9.90 Å². The van der Waals surface area contributed by atoms with Crippen LogP contribution >= 0.6 is 0 Å². The summed E-state index contributed by atoms with van der Waals surface area (Å²) >= 11 is 0. The maximum Gasteiger partial charge on any atom is 0.304 e. The van der Waals surface area contributed by atoms with Crippen molar-refractivity contribution in [3.8, 4) is 5.75 Å². The van der Waals surface area contributed by atoms with E-state index in [0.717, 1.165) is 29.9 Å². The zero-order valence-corrected chi connectivity index (χ0v) is 21.3. The van der Waals surface area contributed by atoms with Gasteiger partial charge in [0, 0.05) is 25.2 Å². The van der Waals surface area contributed by atoms with Crippen molar-refractivity contribution in [3.63, 3.8) is 0 Å². The van der Waals surface area contributed by atoms with Gasteiger partial charge in [-0.2, -0.15) is 0 Å². The summed E-state index contributed by atoms with van der Waals surface area (Å²) in [5, 5.41) is 13.3. The number of carboxylic acids is 1. The molecule has 2 atom stereocenters. The average Bonchev–Trinajstić information content (AvgIpc) is 3.66. The van der Waals surface area contributed by atoms with Gasteiger partial charge in [0.1, 0.15) is 18.1 Å². The summed E-state index contributed by atoms with van der Waals surface area (Å²) in [4.78, 5) is 11.4. The summed E-state index contributed by atoms with van der Waals surface area (Å²) in [6.07, 6.45) is 3.68. The van der Waals surface area contributed by atoms with Crippen LogP contribution in [0, 0.1) is 13.8 Å². The molecular weight excluding hydrogens is 466 g/mol. The van der Waals surface area contributed by atoms with Gasteiger partial charge in [0.05, 0.1) is 12.1 Å². The van der Waals surface area contributed by atoms with Crippen LogP contribution in [-0.4, -0.2) is 29.4 Å². The lowest BCUT2D eigenvalue weighted by Gasteiger charge is -2.22. The largest absolute Gasteiger partial charge is 0.481 e. The Hall–Kier alpha value is -3.90. The lowest BCUT2D eigenvalue weighted by atomic mass is 9.92. The molecule has 192 valence electrons. The number of carboxylic acid groups (broad SMARTS) is 1. The minimum atomic E-state index is -0.891. The van der Waals surface area contributed by atoms with E-state index in [4.69, 9.17) is 14.0 Å². The molecule has 1 N–H and O–H groups in total. The van der Waals surface area contributed by atoms with Gasteiger partial charge in [-0.3, -0.25) is 4.79 Å². The lowest BCUT2D eigenvalue weighted by Crippen LogP contribution is -2.11. The number of benzene rings is 3. The van der Waals surface area contributed by atoms with Gasteiger partial charge >= 0.3 is 5.97 Å². The van der Waals surface area contributed by atoms with Crippen molar-refractivity contribution in [2.75, 3.05) is 13.2 Å². The van der Waals surface area contributed by atoms with Crippen LogP contribution in [0.4, 0.5) is 0 Å².